The third kappa shape index (κ3) is 7.83. The summed E-state index contributed by atoms with van der Waals surface area (Å²) < 4.78 is 0. The summed E-state index contributed by atoms with van der Waals surface area (Å²) in [4.78, 5) is 21.0. The predicted octanol–water partition coefficient (Wildman–Crippen LogP) is -0.233. The number of hydrogen-bond donors (Lipinski definition) is 3. The highest BCUT2D eigenvalue weighted by atomic mass is 35.5. The Morgan fingerprint density at radius 1 is 1.31 bits per heavy atom. The topological polar surface area (TPSA) is 92.4 Å². The minimum atomic E-state index is -1.07. The van der Waals surface area contributed by atoms with Gasteiger partial charge in [-0.15, -0.1) is 24.8 Å². The molecule has 0 aliphatic rings. The van der Waals surface area contributed by atoms with Gasteiger partial charge in [-0.3, -0.25) is 9.59 Å². The van der Waals surface area contributed by atoms with Gasteiger partial charge in [0.05, 0.1) is 6.04 Å². The smallest absolute Gasteiger partial charge is 0.325 e. The largest absolute Gasteiger partial charge is 0.480 e. The molecule has 7 heteroatoms. The summed E-state index contributed by atoms with van der Waals surface area (Å²) in [6, 6.07) is -1.55. The van der Waals surface area contributed by atoms with Crippen molar-refractivity contribution in [3.05, 3.63) is 0 Å². The van der Waals surface area contributed by atoms with E-state index in [1.165, 1.54) is 13.8 Å². The molecule has 0 aromatic carbocycles. The van der Waals surface area contributed by atoms with Crippen LogP contribution in [0.5, 0.6) is 0 Å². The second-order valence-electron chi connectivity index (χ2n) is 2.36. The van der Waals surface area contributed by atoms with E-state index in [2.05, 4.69) is 5.32 Å². The van der Waals surface area contributed by atoms with Crippen molar-refractivity contribution < 1.29 is 14.7 Å². The molecule has 0 aromatic rings. The number of nitrogens with two attached hydrogens (primary N) is 1. The number of carboxylic acid groups (broad SMARTS) is 1. The number of hydrogen-bond acceptors (Lipinski definition) is 3. The van der Waals surface area contributed by atoms with Crippen LogP contribution in [0.1, 0.15) is 13.8 Å². The number of carbonyl (C=O) groups is 2. The van der Waals surface area contributed by atoms with E-state index < -0.39 is 24.0 Å². The first-order valence-corrected chi connectivity index (χ1v) is 3.24. The van der Waals surface area contributed by atoms with Crippen LogP contribution in [-0.4, -0.2) is 29.1 Å². The molecule has 4 N–H and O–H groups in total. The highest BCUT2D eigenvalue weighted by molar-refractivity contribution is 5.86. The third-order valence-electron chi connectivity index (χ3n) is 1.14. The molecule has 0 aliphatic heterocycles. The van der Waals surface area contributed by atoms with Gasteiger partial charge in [-0.2, -0.15) is 0 Å². The first kappa shape index (κ1) is 18.3. The number of aliphatic carboxylic acids is 1. The molecule has 0 bridgehead atoms. The Labute approximate surface area is 88.9 Å². The van der Waals surface area contributed by atoms with Crippen LogP contribution in [0, 0.1) is 0 Å². The maximum absolute atomic E-state index is 10.8. The summed E-state index contributed by atoms with van der Waals surface area (Å²) in [6.07, 6.45) is 0. The molecule has 2 atom stereocenters. The van der Waals surface area contributed by atoms with E-state index in [-0.39, 0.29) is 24.8 Å². The van der Waals surface area contributed by atoms with Gasteiger partial charge >= 0.3 is 5.97 Å². The molecule has 0 unspecified atom stereocenters. The molecular weight excluding hydrogens is 219 g/mol. The van der Waals surface area contributed by atoms with Crippen LogP contribution in [0.4, 0.5) is 0 Å². The van der Waals surface area contributed by atoms with Crippen molar-refractivity contribution in [2.24, 2.45) is 5.73 Å². The van der Waals surface area contributed by atoms with Gasteiger partial charge in [0.1, 0.15) is 6.04 Å². The number of nitrogens with one attached hydrogen (secondary N) is 1. The number of rotatable bonds is 3. The maximum atomic E-state index is 10.8. The molecule has 0 spiro atoms. The Kier molecular flexibility index (Phi) is 11.4. The second-order valence-corrected chi connectivity index (χ2v) is 2.36. The fourth-order valence-electron chi connectivity index (χ4n) is 0.407. The number of carboxylic acids is 1. The summed E-state index contributed by atoms with van der Waals surface area (Å²) in [5.41, 5.74) is 5.18. The van der Waals surface area contributed by atoms with E-state index in [0.29, 0.717) is 0 Å². The van der Waals surface area contributed by atoms with Crippen molar-refractivity contribution in [1.82, 2.24) is 5.32 Å². The molecule has 1 amide bonds. The Morgan fingerprint density at radius 2 is 1.69 bits per heavy atom. The minimum absolute atomic E-state index is 0. The van der Waals surface area contributed by atoms with Crippen LogP contribution in [0.15, 0.2) is 0 Å². The molecule has 80 valence electrons. The van der Waals surface area contributed by atoms with E-state index in [0.717, 1.165) is 0 Å². The quantitative estimate of drug-likeness (QED) is 0.627. The fourth-order valence-corrected chi connectivity index (χ4v) is 0.407. The third-order valence-corrected chi connectivity index (χ3v) is 1.14. The van der Waals surface area contributed by atoms with Gasteiger partial charge in [-0.05, 0) is 13.8 Å². The van der Waals surface area contributed by atoms with Crippen molar-refractivity contribution in [2.45, 2.75) is 25.9 Å². The highest BCUT2D eigenvalue weighted by Gasteiger charge is 2.15. The number of amides is 1. The van der Waals surface area contributed by atoms with E-state index in [9.17, 15) is 9.59 Å². The lowest BCUT2D eigenvalue weighted by atomic mass is 10.3. The van der Waals surface area contributed by atoms with Gasteiger partial charge in [-0.1, -0.05) is 0 Å². The van der Waals surface area contributed by atoms with Gasteiger partial charge in [0.25, 0.3) is 0 Å². The predicted molar refractivity (Wildman–Crippen MR) is 53.4 cm³/mol. The standard InChI is InChI=1S/C6H12N2O3.2ClH/c1-3(7)5(9)8-4(2)6(10)11;;/h3-4H,7H2,1-2H3,(H,8,9)(H,10,11);2*1H/t3-,4-;;/m0../s1. The molecule has 0 radical (unpaired) electrons. The molecule has 0 rings (SSSR count). The van der Waals surface area contributed by atoms with Crippen molar-refractivity contribution in [3.63, 3.8) is 0 Å². The lowest BCUT2D eigenvalue weighted by Gasteiger charge is -2.10. The first-order chi connectivity index (χ1) is 4.95. The summed E-state index contributed by atoms with van der Waals surface area (Å²) in [5, 5.41) is 10.6. The average Bonchev–Trinajstić information content (AvgIpc) is 1.87. The van der Waals surface area contributed by atoms with Crippen molar-refractivity contribution in [2.75, 3.05) is 0 Å². The molecule has 0 aromatic heterocycles. The summed E-state index contributed by atoms with van der Waals surface area (Å²) in [7, 11) is 0. The molecule has 0 fully saturated rings. The zero-order valence-corrected chi connectivity index (χ0v) is 8.95. The molecular formula is C6H14Cl2N2O3. The monoisotopic (exact) mass is 232 g/mol. The van der Waals surface area contributed by atoms with Gasteiger partial charge in [0, 0.05) is 0 Å². The molecule has 0 aliphatic carbocycles. The van der Waals surface area contributed by atoms with Crippen LogP contribution in [-0.2, 0) is 9.59 Å². The number of halogens is 2. The van der Waals surface area contributed by atoms with E-state index >= 15 is 0 Å². The minimum Gasteiger partial charge on any atom is -0.480 e. The summed E-state index contributed by atoms with van der Waals surface area (Å²) >= 11 is 0. The zero-order chi connectivity index (χ0) is 9.02. The van der Waals surface area contributed by atoms with Crippen LogP contribution < -0.4 is 11.1 Å². The first-order valence-electron chi connectivity index (χ1n) is 3.24. The maximum Gasteiger partial charge on any atom is 0.325 e. The normalized spacial score (nSPS) is 12.8. The second kappa shape index (κ2) is 8.10. The van der Waals surface area contributed by atoms with Gasteiger partial charge in [-0.25, -0.2) is 0 Å². The van der Waals surface area contributed by atoms with Gasteiger partial charge in [0.2, 0.25) is 5.91 Å². The summed E-state index contributed by atoms with van der Waals surface area (Å²) in [5.74, 6) is -1.53. The molecule has 5 nitrogen and oxygen atoms in total. The van der Waals surface area contributed by atoms with Crippen molar-refractivity contribution >= 4 is 36.7 Å². The van der Waals surface area contributed by atoms with E-state index in [1.54, 1.807) is 0 Å². The Bertz CT molecular complexity index is 175. The van der Waals surface area contributed by atoms with Crippen molar-refractivity contribution in [3.8, 4) is 0 Å². The lowest BCUT2D eigenvalue weighted by Crippen LogP contribution is -2.45. The Morgan fingerprint density at radius 3 is 1.92 bits per heavy atom. The van der Waals surface area contributed by atoms with E-state index in [1.807, 2.05) is 0 Å². The Hall–Kier alpha value is -0.520. The van der Waals surface area contributed by atoms with E-state index in [4.69, 9.17) is 10.8 Å². The molecule has 0 saturated carbocycles. The van der Waals surface area contributed by atoms with Gasteiger partial charge < -0.3 is 16.2 Å². The van der Waals surface area contributed by atoms with Crippen LogP contribution >= 0.6 is 24.8 Å². The van der Waals surface area contributed by atoms with Crippen LogP contribution in [0.3, 0.4) is 0 Å². The fraction of sp³-hybridized carbons (Fsp3) is 0.667. The molecule has 0 saturated heterocycles. The summed E-state index contributed by atoms with van der Waals surface area (Å²) in [6.45, 7) is 2.87. The highest BCUT2D eigenvalue weighted by Crippen LogP contribution is 1.83. The molecule has 13 heavy (non-hydrogen) atoms. The molecule has 0 heterocycles. The zero-order valence-electron chi connectivity index (χ0n) is 7.31. The van der Waals surface area contributed by atoms with Crippen LogP contribution in [0.25, 0.3) is 0 Å². The lowest BCUT2D eigenvalue weighted by molar-refractivity contribution is -0.141. The van der Waals surface area contributed by atoms with Gasteiger partial charge in [0.15, 0.2) is 0 Å². The Balaban J connectivity index is -0.000000500. The SMILES string of the molecule is C[C@H](N)C(=O)N[C@@H](C)C(=O)O.Cl.Cl. The average molecular weight is 233 g/mol. The number of carbonyl (C=O) groups excluding carboxylic acids is 1. The van der Waals surface area contributed by atoms with Crippen molar-refractivity contribution in [1.29, 1.82) is 0 Å². The van der Waals surface area contributed by atoms with Crippen LogP contribution in [0.2, 0.25) is 0 Å².